The number of esters is 1. The SMILES string of the molecule is CCOC(=O)/C(C)=C/C(C)=C/[C@@H](C)[C@@H](O[Si](CC)(CC)CC)[C@@H](C)C/C(C)=C/C(O)CC(=O)[C@H](OC(C)OCC)[C@@H](C)CO[Si](c1ccccc1)(c1ccccc1)C(C)(C)C. The van der Waals surface area contributed by atoms with Gasteiger partial charge in [-0.25, -0.2) is 4.79 Å². The van der Waals surface area contributed by atoms with E-state index in [-0.39, 0.29) is 53.7 Å². The molecule has 0 fully saturated rings. The van der Waals surface area contributed by atoms with Gasteiger partial charge < -0.3 is 28.2 Å². The largest absolute Gasteiger partial charge is 0.463 e. The van der Waals surface area contributed by atoms with E-state index in [0.717, 1.165) is 29.3 Å². The van der Waals surface area contributed by atoms with E-state index in [0.29, 0.717) is 25.2 Å². The standard InChI is InChI=1S/C51H82O8Si2/c1-16-55-43(12)58-49(42(11)36-57-61(51(13,14)15,45-27-23-21-24-28-45)46-29-25-22-26-30-46)47(53)35-44(52)34-38(7)32-40(9)48(59-60(18-3,19-4)20-5)39(8)31-37(6)33-41(10)50(54)56-17-2/h21-31,33-34,39-40,42-44,48-49,52H,16-20,32,35-36H2,1-15H3/b37-31+,38-34+,41-33+/t39-,40+,42+,43?,44?,48-,49-/m1/s1. The summed E-state index contributed by atoms with van der Waals surface area (Å²) in [5.41, 5.74) is 2.54. The van der Waals surface area contributed by atoms with Crippen LogP contribution in [0.25, 0.3) is 0 Å². The quantitative estimate of drug-likeness (QED) is 0.0237. The van der Waals surface area contributed by atoms with Crippen molar-refractivity contribution in [3.63, 3.8) is 0 Å². The highest BCUT2D eigenvalue weighted by molar-refractivity contribution is 6.99. The van der Waals surface area contributed by atoms with Crippen LogP contribution in [0, 0.1) is 17.8 Å². The van der Waals surface area contributed by atoms with Gasteiger partial charge in [-0.1, -0.05) is 146 Å². The van der Waals surface area contributed by atoms with Crippen molar-refractivity contribution in [1.82, 2.24) is 0 Å². The van der Waals surface area contributed by atoms with Gasteiger partial charge in [0, 0.05) is 31.1 Å². The highest BCUT2D eigenvalue weighted by atomic mass is 28.4. The molecule has 0 aliphatic carbocycles. The van der Waals surface area contributed by atoms with Crippen LogP contribution in [0.15, 0.2) is 95.6 Å². The van der Waals surface area contributed by atoms with Crippen LogP contribution in [0.3, 0.4) is 0 Å². The van der Waals surface area contributed by atoms with Crippen molar-refractivity contribution in [2.45, 2.75) is 164 Å². The molecule has 0 radical (unpaired) electrons. The third kappa shape index (κ3) is 16.0. The smallest absolute Gasteiger partial charge is 0.333 e. The topological polar surface area (TPSA) is 101 Å². The summed E-state index contributed by atoms with van der Waals surface area (Å²) in [5.74, 6) is -0.653. The number of allylic oxidation sites excluding steroid dienone is 3. The van der Waals surface area contributed by atoms with Crippen molar-refractivity contribution in [2.24, 2.45) is 17.8 Å². The van der Waals surface area contributed by atoms with E-state index in [1.54, 1.807) is 6.92 Å². The van der Waals surface area contributed by atoms with E-state index < -0.39 is 35.1 Å². The molecule has 2 aromatic rings. The highest BCUT2D eigenvalue weighted by Crippen LogP contribution is 2.38. The molecule has 0 saturated carbocycles. The molecule has 2 aromatic carbocycles. The van der Waals surface area contributed by atoms with Gasteiger partial charge in [-0.05, 0) is 99.4 Å². The molecule has 2 unspecified atom stereocenters. The van der Waals surface area contributed by atoms with Gasteiger partial charge in [0.1, 0.15) is 6.10 Å². The average molecular weight is 879 g/mol. The van der Waals surface area contributed by atoms with Gasteiger partial charge in [-0.2, -0.15) is 0 Å². The summed E-state index contributed by atoms with van der Waals surface area (Å²) >= 11 is 0. The minimum absolute atomic E-state index is 0.0647. The summed E-state index contributed by atoms with van der Waals surface area (Å²) in [6.07, 6.45) is 3.95. The minimum Gasteiger partial charge on any atom is -0.463 e. The molecule has 0 bridgehead atoms. The molecule has 342 valence electrons. The third-order valence-corrected chi connectivity index (χ3v) is 21.7. The fourth-order valence-electron chi connectivity index (χ4n) is 8.75. The predicted octanol–water partition coefficient (Wildman–Crippen LogP) is 10.7. The van der Waals surface area contributed by atoms with Crippen LogP contribution in [-0.2, 0) is 32.7 Å². The number of hydrogen-bond donors (Lipinski definition) is 1. The predicted molar refractivity (Wildman–Crippen MR) is 257 cm³/mol. The summed E-state index contributed by atoms with van der Waals surface area (Å²) in [4.78, 5) is 26.6. The Morgan fingerprint density at radius 1 is 0.754 bits per heavy atom. The number of ether oxygens (including phenoxy) is 3. The number of carbonyl (C=O) groups is 2. The molecule has 7 atom stereocenters. The molecular formula is C51H82O8Si2. The fourth-order valence-corrected chi connectivity index (χ4v) is 16.4. The van der Waals surface area contributed by atoms with Crippen LogP contribution >= 0.6 is 0 Å². The van der Waals surface area contributed by atoms with Gasteiger partial charge in [0.15, 0.2) is 20.4 Å². The second-order valence-corrected chi connectivity index (χ2v) is 27.1. The van der Waals surface area contributed by atoms with Gasteiger partial charge in [0.25, 0.3) is 8.32 Å². The van der Waals surface area contributed by atoms with Gasteiger partial charge >= 0.3 is 5.97 Å². The highest BCUT2D eigenvalue weighted by Gasteiger charge is 2.50. The number of benzene rings is 2. The zero-order valence-corrected chi connectivity index (χ0v) is 42.5. The number of aliphatic hydroxyl groups is 1. The van der Waals surface area contributed by atoms with Crippen LogP contribution in [0.1, 0.15) is 117 Å². The Morgan fingerprint density at radius 3 is 1.77 bits per heavy atom. The molecule has 2 rings (SSSR count). The second kappa shape index (κ2) is 26.0. The summed E-state index contributed by atoms with van der Waals surface area (Å²) in [6.45, 7) is 32.2. The van der Waals surface area contributed by atoms with E-state index in [2.05, 4.69) is 110 Å². The van der Waals surface area contributed by atoms with Crippen LogP contribution in [0.4, 0.5) is 0 Å². The van der Waals surface area contributed by atoms with Gasteiger partial charge in [0.2, 0.25) is 0 Å². The molecule has 0 spiro atoms. The second-order valence-electron chi connectivity index (χ2n) is 18.1. The van der Waals surface area contributed by atoms with E-state index in [1.165, 1.54) is 10.4 Å². The molecule has 61 heavy (non-hydrogen) atoms. The monoisotopic (exact) mass is 879 g/mol. The lowest BCUT2D eigenvalue weighted by atomic mass is 9.87. The number of hydrogen-bond acceptors (Lipinski definition) is 8. The van der Waals surface area contributed by atoms with Crippen LogP contribution in [0.5, 0.6) is 0 Å². The molecule has 0 aromatic heterocycles. The van der Waals surface area contributed by atoms with E-state index >= 15 is 0 Å². The Hall–Kier alpha value is -2.97. The first kappa shape index (κ1) is 54.2. The summed E-state index contributed by atoms with van der Waals surface area (Å²) in [5, 5.41) is 13.6. The lowest BCUT2D eigenvalue weighted by molar-refractivity contribution is -0.180. The van der Waals surface area contributed by atoms with Crippen molar-refractivity contribution in [3.8, 4) is 0 Å². The Bertz CT molecular complexity index is 1650. The fraction of sp³-hybridized carbons (Fsp3) is 0.608. The van der Waals surface area contributed by atoms with Crippen molar-refractivity contribution in [1.29, 1.82) is 0 Å². The maximum atomic E-state index is 14.2. The molecule has 1 N–H and O–H groups in total. The zero-order valence-electron chi connectivity index (χ0n) is 40.5. The Morgan fingerprint density at radius 2 is 1.30 bits per heavy atom. The van der Waals surface area contributed by atoms with E-state index in [9.17, 15) is 14.7 Å². The van der Waals surface area contributed by atoms with E-state index in [1.807, 2.05) is 65.8 Å². The summed E-state index contributed by atoms with van der Waals surface area (Å²) < 4.78 is 31.8. The Balaban J connectivity index is 2.40. The number of carbonyl (C=O) groups excluding carboxylic acids is 2. The lowest BCUT2D eigenvalue weighted by Gasteiger charge is -2.44. The van der Waals surface area contributed by atoms with Crippen LogP contribution < -0.4 is 10.4 Å². The molecule has 0 amide bonds. The van der Waals surface area contributed by atoms with Crippen molar-refractivity contribution in [2.75, 3.05) is 19.8 Å². The average Bonchev–Trinajstić information content (AvgIpc) is 3.20. The molecule has 10 heteroatoms. The Kier molecular flexibility index (Phi) is 23.1. The Labute approximate surface area is 372 Å². The minimum atomic E-state index is -2.87. The molecule has 8 nitrogen and oxygen atoms in total. The first-order chi connectivity index (χ1) is 28.7. The molecule has 0 aliphatic rings. The first-order valence-corrected chi connectivity index (χ1v) is 27.3. The van der Waals surface area contributed by atoms with Crippen molar-refractivity contribution >= 4 is 38.8 Å². The normalized spacial score (nSPS) is 17.0. The first-order valence-electron chi connectivity index (χ1n) is 22.9. The van der Waals surface area contributed by atoms with Crippen LogP contribution in [0.2, 0.25) is 23.2 Å². The van der Waals surface area contributed by atoms with Gasteiger partial charge in [0.05, 0.1) is 18.8 Å². The maximum absolute atomic E-state index is 14.2. The zero-order chi connectivity index (χ0) is 46.0. The van der Waals surface area contributed by atoms with Gasteiger partial charge in [-0.3, -0.25) is 4.79 Å². The number of aliphatic hydroxyl groups excluding tert-OH is 1. The van der Waals surface area contributed by atoms with Gasteiger partial charge in [-0.15, -0.1) is 0 Å². The third-order valence-electron chi connectivity index (χ3n) is 12.1. The maximum Gasteiger partial charge on any atom is 0.333 e. The molecular weight excluding hydrogens is 797 g/mol. The van der Waals surface area contributed by atoms with Crippen LogP contribution in [-0.4, -0.2) is 77.9 Å². The van der Waals surface area contributed by atoms with Crippen molar-refractivity contribution in [3.05, 3.63) is 95.6 Å². The molecule has 0 saturated heterocycles. The number of ketones is 1. The van der Waals surface area contributed by atoms with Crippen molar-refractivity contribution < 1.29 is 37.8 Å². The summed E-state index contributed by atoms with van der Waals surface area (Å²) in [7, 11) is -4.87. The molecule has 0 aliphatic heterocycles. The number of rotatable bonds is 27. The summed E-state index contributed by atoms with van der Waals surface area (Å²) in [6, 6.07) is 24.0. The van der Waals surface area contributed by atoms with E-state index in [4.69, 9.17) is 23.1 Å². The molecule has 0 heterocycles. The number of Topliss-reactive ketones (excluding diaryl/α,β-unsaturated/α-hetero) is 1. The lowest BCUT2D eigenvalue weighted by Crippen LogP contribution is -2.67.